The lowest BCUT2D eigenvalue weighted by Crippen LogP contribution is -2.41. The summed E-state index contributed by atoms with van der Waals surface area (Å²) in [5.74, 6) is -1.82. The summed E-state index contributed by atoms with van der Waals surface area (Å²) >= 11 is 0. The summed E-state index contributed by atoms with van der Waals surface area (Å²) in [6.07, 6.45) is 2.22. The Kier molecular flexibility index (Phi) is 6.27. The van der Waals surface area contributed by atoms with Gasteiger partial charge in [-0.1, -0.05) is 6.92 Å². The maximum Gasteiger partial charge on any atom is 0.329 e. The summed E-state index contributed by atoms with van der Waals surface area (Å²) in [6, 6.07) is 8.00. The number of aromatic nitrogens is 1. The SMILES string of the molecule is CC[C@H](C)NC(=O)C(=O)N/N=C\c1cc(C)n(-c2ccc(F)cc2)c1C. The second-order valence-corrected chi connectivity index (χ2v) is 6.12. The van der Waals surface area contributed by atoms with Crippen LogP contribution in [0.4, 0.5) is 4.39 Å². The first-order valence-corrected chi connectivity index (χ1v) is 8.42. The molecule has 1 heterocycles. The third-order valence-electron chi connectivity index (χ3n) is 4.12. The topological polar surface area (TPSA) is 75.5 Å². The number of nitrogens with one attached hydrogen (secondary N) is 2. The number of benzene rings is 1. The van der Waals surface area contributed by atoms with Gasteiger partial charge in [-0.05, 0) is 57.5 Å². The molecule has 1 atom stereocenters. The number of hydrogen-bond acceptors (Lipinski definition) is 3. The summed E-state index contributed by atoms with van der Waals surface area (Å²) < 4.78 is 15.1. The van der Waals surface area contributed by atoms with E-state index in [-0.39, 0.29) is 11.9 Å². The number of amides is 2. The Morgan fingerprint density at radius 1 is 1.23 bits per heavy atom. The Balaban J connectivity index is 2.10. The van der Waals surface area contributed by atoms with Crippen molar-refractivity contribution in [2.75, 3.05) is 0 Å². The van der Waals surface area contributed by atoms with Gasteiger partial charge in [-0.15, -0.1) is 0 Å². The maximum atomic E-state index is 13.1. The lowest BCUT2D eigenvalue weighted by Gasteiger charge is -2.09. The second kappa shape index (κ2) is 8.42. The predicted molar refractivity (Wildman–Crippen MR) is 98.8 cm³/mol. The van der Waals surface area contributed by atoms with Crippen LogP contribution in [-0.2, 0) is 9.59 Å². The predicted octanol–water partition coefficient (Wildman–Crippen LogP) is 2.60. The van der Waals surface area contributed by atoms with Gasteiger partial charge in [0.1, 0.15) is 5.82 Å². The molecule has 0 spiro atoms. The Morgan fingerprint density at radius 3 is 2.50 bits per heavy atom. The van der Waals surface area contributed by atoms with Crippen LogP contribution < -0.4 is 10.7 Å². The molecule has 2 rings (SSSR count). The summed E-state index contributed by atoms with van der Waals surface area (Å²) in [5.41, 5.74) is 5.67. The number of nitrogens with zero attached hydrogens (tertiary/aromatic N) is 2. The molecule has 0 fully saturated rings. The minimum absolute atomic E-state index is 0.0770. The van der Waals surface area contributed by atoms with Crippen molar-refractivity contribution in [2.24, 2.45) is 5.10 Å². The van der Waals surface area contributed by atoms with Crippen LogP contribution in [0.2, 0.25) is 0 Å². The van der Waals surface area contributed by atoms with E-state index in [2.05, 4.69) is 15.8 Å². The van der Waals surface area contributed by atoms with Crippen molar-refractivity contribution >= 4 is 18.0 Å². The highest BCUT2D eigenvalue weighted by Gasteiger charge is 2.14. The molecule has 0 unspecified atom stereocenters. The molecule has 1 aromatic heterocycles. The molecule has 0 aliphatic carbocycles. The number of carbonyl (C=O) groups excluding carboxylic acids is 2. The molecular formula is C19H23FN4O2. The first-order chi connectivity index (χ1) is 12.3. The number of hydrogen-bond donors (Lipinski definition) is 2. The van der Waals surface area contributed by atoms with Crippen molar-refractivity contribution < 1.29 is 14.0 Å². The molecule has 6 nitrogen and oxygen atoms in total. The normalized spacial score (nSPS) is 12.2. The van der Waals surface area contributed by atoms with E-state index in [0.29, 0.717) is 0 Å². The van der Waals surface area contributed by atoms with E-state index < -0.39 is 11.8 Å². The first-order valence-electron chi connectivity index (χ1n) is 8.42. The average Bonchev–Trinajstić information content (AvgIpc) is 2.89. The van der Waals surface area contributed by atoms with Crippen LogP contribution in [0.1, 0.15) is 37.2 Å². The smallest absolute Gasteiger partial charge is 0.329 e. The molecule has 2 amide bonds. The fourth-order valence-electron chi connectivity index (χ4n) is 2.51. The van der Waals surface area contributed by atoms with Crippen LogP contribution in [0.25, 0.3) is 5.69 Å². The van der Waals surface area contributed by atoms with Crippen LogP contribution in [0, 0.1) is 19.7 Å². The molecule has 0 aliphatic heterocycles. The van der Waals surface area contributed by atoms with Crippen molar-refractivity contribution in [2.45, 2.75) is 40.2 Å². The summed E-state index contributed by atoms with van der Waals surface area (Å²) in [7, 11) is 0. The molecule has 0 saturated heterocycles. The zero-order valence-corrected chi connectivity index (χ0v) is 15.3. The molecule has 0 bridgehead atoms. The average molecular weight is 358 g/mol. The molecule has 0 saturated carbocycles. The molecule has 7 heteroatoms. The molecule has 26 heavy (non-hydrogen) atoms. The van der Waals surface area contributed by atoms with Gasteiger partial charge in [-0.25, -0.2) is 9.82 Å². The second-order valence-electron chi connectivity index (χ2n) is 6.12. The number of aryl methyl sites for hydroxylation is 1. The molecule has 0 radical (unpaired) electrons. The number of hydrazone groups is 1. The molecule has 2 N–H and O–H groups in total. The van der Waals surface area contributed by atoms with Crippen molar-refractivity contribution in [3.8, 4) is 5.69 Å². The third-order valence-corrected chi connectivity index (χ3v) is 4.12. The van der Waals surface area contributed by atoms with E-state index in [1.807, 2.05) is 38.3 Å². The zero-order chi connectivity index (χ0) is 19.3. The van der Waals surface area contributed by atoms with Crippen molar-refractivity contribution in [1.29, 1.82) is 0 Å². The van der Waals surface area contributed by atoms with Gasteiger partial charge >= 0.3 is 11.8 Å². The van der Waals surface area contributed by atoms with Gasteiger partial charge in [0.15, 0.2) is 0 Å². The summed E-state index contributed by atoms with van der Waals surface area (Å²) in [4.78, 5) is 23.4. The quantitative estimate of drug-likeness (QED) is 0.490. The van der Waals surface area contributed by atoms with E-state index in [4.69, 9.17) is 0 Å². The summed E-state index contributed by atoms with van der Waals surface area (Å²) in [6.45, 7) is 7.55. The van der Waals surface area contributed by atoms with Gasteiger partial charge in [0, 0.05) is 28.7 Å². The van der Waals surface area contributed by atoms with Crippen molar-refractivity contribution in [1.82, 2.24) is 15.3 Å². The highest BCUT2D eigenvalue weighted by Crippen LogP contribution is 2.19. The Hall–Kier alpha value is -2.96. The Morgan fingerprint density at radius 2 is 1.88 bits per heavy atom. The van der Waals surface area contributed by atoms with Crippen LogP contribution in [0.5, 0.6) is 0 Å². The van der Waals surface area contributed by atoms with Crippen LogP contribution in [0.3, 0.4) is 0 Å². The first kappa shape index (κ1) is 19.4. The van der Waals surface area contributed by atoms with E-state index in [9.17, 15) is 14.0 Å². The van der Waals surface area contributed by atoms with E-state index in [1.54, 1.807) is 12.1 Å². The summed E-state index contributed by atoms with van der Waals surface area (Å²) in [5, 5.41) is 6.43. The molecular weight excluding hydrogens is 335 g/mol. The highest BCUT2D eigenvalue weighted by molar-refractivity contribution is 6.35. The largest absolute Gasteiger partial charge is 0.345 e. The van der Waals surface area contributed by atoms with Gasteiger partial charge in [0.25, 0.3) is 0 Å². The third kappa shape index (κ3) is 4.56. The molecule has 138 valence electrons. The minimum Gasteiger partial charge on any atom is -0.345 e. The van der Waals surface area contributed by atoms with E-state index >= 15 is 0 Å². The van der Waals surface area contributed by atoms with Gasteiger partial charge in [-0.3, -0.25) is 9.59 Å². The lowest BCUT2D eigenvalue weighted by molar-refractivity contribution is -0.139. The standard InChI is InChI=1S/C19H23FN4O2/c1-5-12(2)22-18(25)19(26)23-21-11-15-10-13(3)24(14(15)4)17-8-6-16(20)7-9-17/h6-12H,5H2,1-4H3,(H,22,25)(H,23,26)/b21-11-/t12-/m0/s1. The zero-order valence-electron chi connectivity index (χ0n) is 15.3. The van der Waals surface area contributed by atoms with Crippen LogP contribution in [0.15, 0.2) is 35.4 Å². The highest BCUT2D eigenvalue weighted by atomic mass is 19.1. The van der Waals surface area contributed by atoms with Crippen molar-refractivity contribution in [3.63, 3.8) is 0 Å². The monoisotopic (exact) mass is 358 g/mol. The molecule has 0 aliphatic rings. The van der Waals surface area contributed by atoms with Crippen LogP contribution >= 0.6 is 0 Å². The molecule has 2 aromatic rings. The fourth-order valence-corrected chi connectivity index (χ4v) is 2.51. The van der Waals surface area contributed by atoms with Crippen LogP contribution in [-0.4, -0.2) is 28.6 Å². The Labute approximate surface area is 152 Å². The molecule has 1 aromatic carbocycles. The fraction of sp³-hybridized carbons (Fsp3) is 0.316. The minimum atomic E-state index is -0.811. The number of carbonyl (C=O) groups is 2. The maximum absolute atomic E-state index is 13.1. The van der Waals surface area contributed by atoms with Crippen molar-refractivity contribution in [3.05, 3.63) is 53.1 Å². The lowest BCUT2D eigenvalue weighted by atomic mass is 10.2. The van der Waals surface area contributed by atoms with Gasteiger partial charge in [0.05, 0.1) is 6.21 Å². The van der Waals surface area contributed by atoms with E-state index in [0.717, 1.165) is 29.1 Å². The van der Waals surface area contributed by atoms with E-state index in [1.165, 1.54) is 18.3 Å². The van der Waals surface area contributed by atoms with Gasteiger partial charge in [-0.2, -0.15) is 5.10 Å². The van der Waals surface area contributed by atoms with Gasteiger partial charge in [0.2, 0.25) is 0 Å². The Bertz CT molecular complexity index is 825. The number of rotatable bonds is 5. The van der Waals surface area contributed by atoms with Gasteiger partial charge < -0.3 is 9.88 Å². The number of halogens is 1.